The Morgan fingerprint density at radius 2 is 1.79 bits per heavy atom. The van der Waals surface area contributed by atoms with E-state index in [9.17, 15) is 4.57 Å². The maximum atomic E-state index is 11.3. The van der Waals surface area contributed by atoms with Crippen LogP contribution < -0.4 is 0 Å². The van der Waals surface area contributed by atoms with E-state index >= 15 is 0 Å². The number of hydrogen-bond donors (Lipinski definition) is 0. The molecule has 1 saturated heterocycles. The maximum Gasteiger partial charge on any atom is 0.197 e. The Morgan fingerprint density at radius 1 is 1.21 bits per heavy atom. The zero-order chi connectivity index (χ0) is 10.6. The summed E-state index contributed by atoms with van der Waals surface area (Å²) in [5.41, 5.74) is 0. The third-order valence-corrected chi connectivity index (χ3v) is 3.21. The van der Waals surface area contributed by atoms with Crippen molar-refractivity contribution in [2.45, 2.75) is 0 Å². The summed E-state index contributed by atoms with van der Waals surface area (Å²) >= 11 is 0. The Hall–Kier alpha value is 0.110. The van der Waals surface area contributed by atoms with Crippen LogP contribution in [-0.2, 0) is 9.09 Å². The lowest BCUT2D eigenvalue weighted by Crippen LogP contribution is -2.45. The minimum absolute atomic E-state index is 0.591. The normalized spacial score (nSPS) is 21.4. The topological polar surface area (TPSA) is 32.8 Å². The van der Waals surface area contributed by atoms with Crippen LogP contribution in [0, 0.1) is 0 Å². The number of nitrogens with zero attached hydrogens (tertiary/aromatic N) is 2. The predicted octanol–water partition coefficient (Wildman–Crippen LogP) is 0.788. The SMILES string of the molecule is CN1CCN(CCOP(C)(C)=O)CC1. The van der Waals surface area contributed by atoms with Crippen LogP contribution >= 0.6 is 7.37 Å². The number of piperazine rings is 1. The number of hydrogen-bond acceptors (Lipinski definition) is 4. The van der Waals surface area contributed by atoms with E-state index in [1.54, 1.807) is 13.3 Å². The molecule has 0 radical (unpaired) electrons. The van der Waals surface area contributed by atoms with Gasteiger partial charge in [-0.15, -0.1) is 0 Å². The second-order valence-corrected chi connectivity index (χ2v) is 6.99. The fourth-order valence-corrected chi connectivity index (χ4v) is 1.98. The zero-order valence-corrected chi connectivity index (χ0v) is 10.3. The van der Waals surface area contributed by atoms with Gasteiger partial charge in [-0.1, -0.05) is 0 Å². The molecular weight excluding hydrogens is 199 g/mol. The van der Waals surface area contributed by atoms with Crippen molar-refractivity contribution in [1.29, 1.82) is 0 Å². The molecule has 84 valence electrons. The minimum atomic E-state index is -2.28. The highest BCUT2D eigenvalue weighted by Crippen LogP contribution is 2.36. The van der Waals surface area contributed by atoms with E-state index in [2.05, 4.69) is 16.8 Å². The fourth-order valence-electron chi connectivity index (χ4n) is 1.46. The molecular formula is C9H21N2O2P. The van der Waals surface area contributed by atoms with Gasteiger partial charge in [0, 0.05) is 46.1 Å². The third-order valence-electron chi connectivity index (χ3n) is 2.41. The first-order valence-corrected chi connectivity index (χ1v) is 7.60. The summed E-state index contributed by atoms with van der Waals surface area (Å²) in [4.78, 5) is 4.68. The molecule has 1 rings (SSSR count). The van der Waals surface area contributed by atoms with Crippen LogP contribution in [-0.4, -0.2) is 69.5 Å². The van der Waals surface area contributed by atoms with Crippen LogP contribution in [0.15, 0.2) is 0 Å². The van der Waals surface area contributed by atoms with E-state index in [-0.39, 0.29) is 0 Å². The molecule has 0 saturated carbocycles. The zero-order valence-electron chi connectivity index (χ0n) is 9.40. The van der Waals surface area contributed by atoms with E-state index in [4.69, 9.17) is 4.52 Å². The van der Waals surface area contributed by atoms with Crippen molar-refractivity contribution in [3.05, 3.63) is 0 Å². The van der Waals surface area contributed by atoms with E-state index in [1.807, 2.05) is 0 Å². The van der Waals surface area contributed by atoms with Crippen molar-refractivity contribution in [3.8, 4) is 0 Å². The first kappa shape index (κ1) is 12.2. The Bertz CT molecular complexity index is 209. The molecule has 0 unspecified atom stereocenters. The highest BCUT2D eigenvalue weighted by Gasteiger charge is 2.14. The lowest BCUT2D eigenvalue weighted by Gasteiger charge is -2.32. The van der Waals surface area contributed by atoms with Crippen LogP contribution in [0.25, 0.3) is 0 Å². The smallest absolute Gasteiger partial charge is 0.197 e. The summed E-state index contributed by atoms with van der Waals surface area (Å²) in [5.74, 6) is 0. The van der Waals surface area contributed by atoms with Crippen LogP contribution in [0.2, 0.25) is 0 Å². The average molecular weight is 220 g/mol. The molecule has 14 heavy (non-hydrogen) atoms. The molecule has 0 aliphatic carbocycles. The lowest BCUT2D eigenvalue weighted by molar-refractivity contribution is 0.135. The Labute approximate surface area is 86.7 Å². The molecule has 0 aromatic rings. The van der Waals surface area contributed by atoms with Crippen molar-refractivity contribution in [1.82, 2.24) is 9.80 Å². The Balaban J connectivity index is 2.11. The third kappa shape index (κ3) is 5.11. The van der Waals surface area contributed by atoms with Gasteiger partial charge in [0.1, 0.15) is 0 Å². The summed E-state index contributed by atoms with van der Waals surface area (Å²) in [7, 11) is -0.144. The standard InChI is InChI=1S/C9H21N2O2P/c1-10-4-6-11(7-5-10)8-9-13-14(2,3)12/h4-9H2,1-3H3. The molecule has 0 atom stereocenters. The fraction of sp³-hybridized carbons (Fsp3) is 1.00. The highest BCUT2D eigenvalue weighted by molar-refractivity contribution is 7.57. The number of rotatable bonds is 4. The van der Waals surface area contributed by atoms with Gasteiger partial charge < -0.3 is 9.42 Å². The van der Waals surface area contributed by atoms with Crippen molar-refractivity contribution in [2.24, 2.45) is 0 Å². The van der Waals surface area contributed by atoms with Crippen LogP contribution in [0.5, 0.6) is 0 Å². The van der Waals surface area contributed by atoms with E-state index < -0.39 is 7.37 Å². The van der Waals surface area contributed by atoms with Crippen molar-refractivity contribution < 1.29 is 9.09 Å². The molecule has 5 heteroatoms. The van der Waals surface area contributed by atoms with Crippen molar-refractivity contribution in [3.63, 3.8) is 0 Å². The second-order valence-electron chi connectivity index (χ2n) is 4.23. The molecule has 0 N–H and O–H groups in total. The summed E-state index contributed by atoms with van der Waals surface area (Å²) < 4.78 is 16.5. The maximum absolute atomic E-state index is 11.3. The average Bonchev–Trinajstić information content (AvgIpc) is 2.06. The monoisotopic (exact) mass is 220 g/mol. The van der Waals surface area contributed by atoms with E-state index in [0.717, 1.165) is 32.7 Å². The molecule has 1 aliphatic rings. The van der Waals surface area contributed by atoms with Gasteiger partial charge in [-0.25, -0.2) is 0 Å². The summed E-state index contributed by atoms with van der Waals surface area (Å²) in [6, 6.07) is 0. The highest BCUT2D eigenvalue weighted by atomic mass is 31.2. The van der Waals surface area contributed by atoms with E-state index in [0.29, 0.717) is 6.61 Å². The van der Waals surface area contributed by atoms with E-state index in [1.165, 1.54) is 0 Å². The first-order valence-electron chi connectivity index (χ1n) is 5.08. The quantitative estimate of drug-likeness (QED) is 0.656. The molecule has 1 aliphatic heterocycles. The second kappa shape index (κ2) is 5.26. The van der Waals surface area contributed by atoms with Gasteiger partial charge in [0.2, 0.25) is 0 Å². The van der Waals surface area contributed by atoms with Crippen LogP contribution in [0.1, 0.15) is 0 Å². The number of likely N-dealkylation sites (N-methyl/N-ethyl adjacent to an activating group) is 1. The van der Waals surface area contributed by atoms with Gasteiger partial charge in [-0.3, -0.25) is 9.46 Å². The molecule has 0 spiro atoms. The molecule has 4 nitrogen and oxygen atoms in total. The Morgan fingerprint density at radius 3 is 2.29 bits per heavy atom. The largest absolute Gasteiger partial charge is 0.327 e. The van der Waals surface area contributed by atoms with Gasteiger partial charge in [-0.05, 0) is 7.05 Å². The molecule has 0 bridgehead atoms. The molecule has 0 aromatic heterocycles. The minimum Gasteiger partial charge on any atom is -0.327 e. The van der Waals surface area contributed by atoms with Gasteiger partial charge in [0.15, 0.2) is 7.37 Å². The van der Waals surface area contributed by atoms with Gasteiger partial charge in [-0.2, -0.15) is 0 Å². The summed E-state index contributed by atoms with van der Waals surface area (Å²) in [6.07, 6.45) is 0. The molecule has 1 fully saturated rings. The summed E-state index contributed by atoms with van der Waals surface area (Å²) in [6.45, 7) is 9.25. The molecule has 0 aromatic carbocycles. The van der Waals surface area contributed by atoms with Crippen molar-refractivity contribution >= 4 is 7.37 Å². The van der Waals surface area contributed by atoms with Gasteiger partial charge in [0.05, 0.1) is 6.61 Å². The van der Waals surface area contributed by atoms with Gasteiger partial charge in [0.25, 0.3) is 0 Å². The van der Waals surface area contributed by atoms with Crippen LogP contribution in [0.3, 0.4) is 0 Å². The molecule has 0 amide bonds. The first-order chi connectivity index (χ1) is 6.47. The molecule has 1 heterocycles. The van der Waals surface area contributed by atoms with Crippen molar-refractivity contribution in [2.75, 3.05) is 59.7 Å². The predicted molar refractivity (Wildman–Crippen MR) is 59.3 cm³/mol. The Kier molecular flexibility index (Phi) is 4.58. The van der Waals surface area contributed by atoms with Gasteiger partial charge >= 0.3 is 0 Å². The van der Waals surface area contributed by atoms with Crippen LogP contribution in [0.4, 0.5) is 0 Å². The summed E-state index contributed by atoms with van der Waals surface area (Å²) in [5, 5.41) is 0. The lowest BCUT2D eigenvalue weighted by atomic mass is 10.3.